The summed E-state index contributed by atoms with van der Waals surface area (Å²) in [7, 11) is 0. The molecule has 2 N–H and O–H groups in total. The van der Waals surface area contributed by atoms with Crippen LogP contribution in [-0.4, -0.2) is 37.3 Å². The molecule has 3 rings (SSSR count). The van der Waals surface area contributed by atoms with Crippen molar-refractivity contribution in [3.05, 3.63) is 64.7 Å². The van der Waals surface area contributed by atoms with Gasteiger partial charge in [0.2, 0.25) is 0 Å². The maximum absolute atomic E-state index is 11.8. The summed E-state index contributed by atoms with van der Waals surface area (Å²) in [5.41, 5.74) is 3.88. The first-order valence-corrected chi connectivity index (χ1v) is 9.68. The second-order valence-corrected chi connectivity index (χ2v) is 6.97. The topological polar surface area (TPSA) is 89.0 Å². The van der Waals surface area contributed by atoms with E-state index in [9.17, 15) is 9.59 Å². The number of halogens is 1. The SMILES string of the molecule is O=C(NC[C@@H]1CCCO1)C(=O)N/N=C\c1cccc(OCc2cccc(Cl)c2)c1. The van der Waals surface area contributed by atoms with Crippen molar-refractivity contribution in [3.8, 4) is 5.75 Å². The minimum absolute atomic E-state index is 0.0232. The predicted molar refractivity (Wildman–Crippen MR) is 110 cm³/mol. The maximum atomic E-state index is 11.8. The summed E-state index contributed by atoms with van der Waals surface area (Å²) in [6.07, 6.45) is 3.27. The zero-order valence-corrected chi connectivity index (χ0v) is 16.5. The third kappa shape index (κ3) is 6.89. The van der Waals surface area contributed by atoms with Gasteiger partial charge >= 0.3 is 11.8 Å². The van der Waals surface area contributed by atoms with Gasteiger partial charge in [-0.25, -0.2) is 5.43 Å². The van der Waals surface area contributed by atoms with E-state index in [0.717, 1.165) is 18.4 Å². The molecule has 1 aliphatic rings. The van der Waals surface area contributed by atoms with Crippen LogP contribution in [0.5, 0.6) is 5.75 Å². The number of amides is 2. The molecule has 1 fully saturated rings. The number of nitrogens with one attached hydrogen (secondary N) is 2. The number of hydrogen-bond donors (Lipinski definition) is 2. The average Bonchev–Trinajstić information content (AvgIpc) is 3.24. The Morgan fingerprint density at radius 3 is 2.86 bits per heavy atom. The molecular formula is C21H22ClN3O4. The molecule has 1 aliphatic heterocycles. The summed E-state index contributed by atoms with van der Waals surface area (Å²) in [6, 6.07) is 14.6. The summed E-state index contributed by atoms with van der Waals surface area (Å²) in [5.74, 6) is -0.918. The first-order valence-electron chi connectivity index (χ1n) is 9.30. The lowest BCUT2D eigenvalue weighted by atomic mass is 10.2. The second-order valence-electron chi connectivity index (χ2n) is 6.54. The second kappa shape index (κ2) is 10.6. The molecule has 0 unspecified atom stereocenters. The fraction of sp³-hybridized carbons (Fsp3) is 0.286. The molecule has 0 radical (unpaired) electrons. The fourth-order valence-corrected chi connectivity index (χ4v) is 3.00. The van der Waals surface area contributed by atoms with Crippen LogP contribution in [-0.2, 0) is 20.9 Å². The highest BCUT2D eigenvalue weighted by molar-refractivity contribution is 6.35. The average molecular weight is 416 g/mol. The third-order valence-electron chi connectivity index (χ3n) is 4.25. The molecule has 0 bridgehead atoms. The van der Waals surface area contributed by atoms with E-state index in [1.165, 1.54) is 6.21 Å². The Kier molecular flexibility index (Phi) is 7.61. The van der Waals surface area contributed by atoms with Gasteiger partial charge in [-0.3, -0.25) is 9.59 Å². The van der Waals surface area contributed by atoms with Gasteiger partial charge in [-0.1, -0.05) is 35.9 Å². The van der Waals surface area contributed by atoms with Gasteiger partial charge in [-0.2, -0.15) is 5.10 Å². The number of carbonyl (C=O) groups is 2. The Hall–Kier alpha value is -2.90. The number of hydrogen-bond acceptors (Lipinski definition) is 5. The van der Waals surface area contributed by atoms with Crippen molar-refractivity contribution in [2.24, 2.45) is 5.10 Å². The van der Waals surface area contributed by atoms with E-state index in [1.807, 2.05) is 30.3 Å². The molecular weight excluding hydrogens is 394 g/mol. The zero-order valence-electron chi connectivity index (χ0n) is 15.8. The molecule has 0 aliphatic carbocycles. The number of hydrazone groups is 1. The van der Waals surface area contributed by atoms with Crippen LogP contribution < -0.4 is 15.5 Å². The molecule has 1 saturated heterocycles. The predicted octanol–water partition coefficient (Wildman–Crippen LogP) is 2.66. The number of benzene rings is 2. The lowest BCUT2D eigenvalue weighted by Crippen LogP contribution is -2.41. The fourth-order valence-electron chi connectivity index (χ4n) is 2.79. The Labute approximate surface area is 174 Å². The van der Waals surface area contributed by atoms with Crippen LogP contribution in [0.1, 0.15) is 24.0 Å². The van der Waals surface area contributed by atoms with Gasteiger partial charge < -0.3 is 14.8 Å². The molecule has 1 atom stereocenters. The molecule has 2 amide bonds. The van der Waals surface area contributed by atoms with E-state index in [4.69, 9.17) is 21.1 Å². The molecule has 2 aromatic carbocycles. The van der Waals surface area contributed by atoms with Gasteiger partial charge in [0, 0.05) is 18.2 Å². The van der Waals surface area contributed by atoms with E-state index in [0.29, 0.717) is 36.1 Å². The number of nitrogens with zero attached hydrogens (tertiary/aromatic N) is 1. The van der Waals surface area contributed by atoms with E-state index in [1.54, 1.807) is 18.2 Å². The summed E-state index contributed by atoms with van der Waals surface area (Å²) in [6.45, 7) is 1.39. The molecule has 0 saturated carbocycles. The van der Waals surface area contributed by atoms with Crippen molar-refractivity contribution in [2.75, 3.05) is 13.2 Å². The summed E-state index contributed by atoms with van der Waals surface area (Å²) in [5, 5.41) is 7.02. The first-order chi connectivity index (χ1) is 14.1. The molecule has 29 heavy (non-hydrogen) atoms. The van der Waals surface area contributed by atoms with Gasteiger partial charge in [0.05, 0.1) is 12.3 Å². The van der Waals surface area contributed by atoms with E-state index >= 15 is 0 Å². The van der Waals surface area contributed by atoms with Crippen LogP contribution in [0.2, 0.25) is 5.02 Å². The standard InChI is InChI=1S/C21H22ClN3O4/c22-17-6-1-5-16(10-17)14-29-18-7-2-4-15(11-18)12-24-25-21(27)20(26)23-13-19-8-3-9-28-19/h1-2,4-7,10-12,19H,3,8-9,13-14H2,(H,23,26)(H,25,27)/b24-12-/t19-/m0/s1. The number of carbonyl (C=O) groups excluding carboxylic acids is 2. The monoisotopic (exact) mass is 415 g/mol. The van der Waals surface area contributed by atoms with Gasteiger partial charge in [-0.15, -0.1) is 0 Å². The molecule has 152 valence electrons. The van der Waals surface area contributed by atoms with Crippen LogP contribution in [0.15, 0.2) is 53.6 Å². The highest BCUT2D eigenvalue weighted by Crippen LogP contribution is 2.16. The van der Waals surface area contributed by atoms with Crippen LogP contribution in [0.25, 0.3) is 0 Å². The van der Waals surface area contributed by atoms with Crippen LogP contribution >= 0.6 is 11.6 Å². The molecule has 0 aromatic heterocycles. The summed E-state index contributed by atoms with van der Waals surface area (Å²) >= 11 is 5.97. The van der Waals surface area contributed by atoms with Gasteiger partial charge in [0.1, 0.15) is 12.4 Å². The minimum atomic E-state index is -0.826. The van der Waals surface area contributed by atoms with Crippen LogP contribution in [0.3, 0.4) is 0 Å². The number of rotatable bonds is 7. The van der Waals surface area contributed by atoms with E-state index in [-0.39, 0.29) is 6.10 Å². The van der Waals surface area contributed by atoms with Gasteiger partial charge in [-0.05, 0) is 48.2 Å². The van der Waals surface area contributed by atoms with E-state index < -0.39 is 11.8 Å². The maximum Gasteiger partial charge on any atom is 0.329 e. The first kappa shape index (κ1) is 20.8. The largest absolute Gasteiger partial charge is 0.489 e. The summed E-state index contributed by atoms with van der Waals surface area (Å²) < 4.78 is 11.1. The Morgan fingerprint density at radius 2 is 2.07 bits per heavy atom. The Balaban J connectivity index is 1.45. The molecule has 7 nitrogen and oxygen atoms in total. The van der Waals surface area contributed by atoms with Crippen molar-refractivity contribution in [3.63, 3.8) is 0 Å². The molecule has 1 heterocycles. The molecule has 2 aromatic rings. The Bertz CT molecular complexity index is 882. The normalized spacial score (nSPS) is 16.0. The van der Waals surface area contributed by atoms with E-state index in [2.05, 4.69) is 15.8 Å². The highest BCUT2D eigenvalue weighted by Gasteiger charge is 2.18. The molecule has 8 heteroatoms. The minimum Gasteiger partial charge on any atom is -0.489 e. The van der Waals surface area contributed by atoms with Crippen molar-refractivity contribution < 1.29 is 19.1 Å². The van der Waals surface area contributed by atoms with Crippen molar-refractivity contribution in [2.45, 2.75) is 25.6 Å². The summed E-state index contributed by atoms with van der Waals surface area (Å²) in [4.78, 5) is 23.5. The van der Waals surface area contributed by atoms with Crippen LogP contribution in [0.4, 0.5) is 0 Å². The molecule has 0 spiro atoms. The quantitative estimate of drug-likeness (QED) is 0.413. The van der Waals surface area contributed by atoms with Gasteiger partial charge in [0.15, 0.2) is 0 Å². The third-order valence-corrected chi connectivity index (χ3v) is 4.49. The Morgan fingerprint density at radius 1 is 1.21 bits per heavy atom. The smallest absolute Gasteiger partial charge is 0.329 e. The lowest BCUT2D eigenvalue weighted by Gasteiger charge is -2.09. The van der Waals surface area contributed by atoms with Crippen molar-refractivity contribution in [1.82, 2.24) is 10.7 Å². The van der Waals surface area contributed by atoms with Crippen LogP contribution in [0, 0.1) is 0 Å². The number of ether oxygens (including phenoxy) is 2. The van der Waals surface area contributed by atoms with Crippen molar-refractivity contribution in [1.29, 1.82) is 0 Å². The van der Waals surface area contributed by atoms with Crippen molar-refractivity contribution >= 4 is 29.6 Å². The zero-order chi connectivity index (χ0) is 20.5. The lowest BCUT2D eigenvalue weighted by molar-refractivity contribution is -0.139. The van der Waals surface area contributed by atoms with Gasteiger partial charge in [0.25, 0.3) is 0 Å². The highest BCUT2D eigenvalue weighted by atomic mass is 35.5.